The number of rotatable bonds is 9. The summed E-state index contributed by atoms with van der Waals surface area (Å²) in [6.07, 6.45) is 10.9. The molecule has 0 spiro atoms. The third-order valence-corrected chi connectivity index (χ3v) is 6.10. The molecule has 2 aliphatic rings. The number of ether oxygens (including phenoxy) is 1. The second-order valence-electron chi connectivity index (χ2n) is 8.21. The molecule has 164 valence electrons. The zero-order chi connectivity index (χ0) is 21.3. The van der Waals surface area contributed by atoms with Crippen LogP contribution in [0.4, 0.5) is 5.69 Å². The second kappa shape index (κ2) is 11.2. The molecule has 1 aliphatic heterocycles. The highest BCUT2D eigenvalue weighted by Gasteiger charge is 2.39. The van der Waals surface area contributed by atoms with E-state index in [1.54, 1.807) is 0 Å². The number of benzene rings is 1. The molecule has 0 atom stereocenters. The van der Waals surface area contributed by atoms with Crippen molar-refractivity contribution in [2.45, 2.75) is 78.2 Å². The Balaban J connectivity index is 1.79. The molecule has 1 aromatic rings. The van der Waals surface area contributed by atoms with Gasteiger partial charge in [-0.1, -0.05) is 51.2 Å². The number of carbonyl (C=O) groups excluding carboxylic acids is 1. The molecule has 0 N–H and O–H groups in total. The number of carbonyl (C=O) groups is 1. The van der Waals surface area contributed by atoms with Crippen LogP contribution >= 0.6 is 0 Å². The smallest absolute Gasteiger partial charge is 0.300 e. The Morgan fingerprint density at radius 3 is 2.40 bits per heavy atom. The number of nitrogens with zero attached hydrogens (tertiary/aromatic N) is 3. The highest BCUT2D eigenvalue weighted by molar-refractivity contribution is 6.11. The van der Waals surface area contributed by atoms with Crippen molar-refractivity contribution in [2.75, 3.05) is 24.5 Å². The summed E-state index contributed by atoms with van der Waals surface area (Å²) in [5, 5.41) is 0. The fraction of sp³-hybridized carbons (Fsp3) is 0.600. The number of unbranched alkanes of at least 4 members (excludes halogenated alkanes) is 2. The van der Waals surface area contributed by atoms with E-state index in [4.69, 9.17) is 4.74 Å². The molecule has 1 heterocycles. The number of amides is 1. The monoisotopic (exact) mass is 411 g/mol. The Kier molecular flexibility index (Phi) is 8.35. The first-order chi connectivity index (χ1) is 14.7. The van der Waals surface area contributed by atoms with Gasteiger partial charge in [0.05, 0.1) is 0 Å². The van der Waals surface area contributed by atoms with Crippen molar-refractivity contribution < 1.29 is 9.53 Å². The minimum atomic E-state index is -0.0380. The van der Waals surface area contributed by atoms with Crippen LogP contribution < -0.4 is 4.90 Å². The zero-order valence-corrected chi connectivity index (χ0v) is 18.9. The molecule has 1 saturated carbocycles. The topological polar surface area (TPSA) is 45.1 Å². The van der Waals surface area contributed by atoms with E-state index in [0.717, 1.165) is 50.8 Å². The van der Waals surface area contributed by atoms with Crippen LogP contribution in [0.5, 0.6) is 0 Å². The van der Waals surface area contributed by atoms with E-state index in [2.05, 4.69) is 54.9 Å². The van der Waals surface area contributed by atoms with Crippen molar-refractivity contribution in [3.8, 4) is 0 Å². The van der Waals surface area contributed by atoms with Gasteiger partial charge in [0.1, 0.15) is 0 Å². The number of anilines is 1. The number of hydrogen-bond acceptors (Lipinski definition) is 4. The normalized spacial score (nSPS) is 20.2. The van der Waals surface area contributed by atoms with Crippen LogP contribution in [0.25, 0.3) is 6.08 Å². The summed E-state index contributed by atoms with van der Waals surface area (Å²) in [4.78, 5) is 22.0. The first-order valence-electron chi connectivity index (χ1n) is 11.8. The van der Waals surface area contributed by atoms with Crippen molar-refractivity contribution in [3.05, 3.63) is 35.6 Å². The van der Waals surface area contributed by atoms with Gasteiger partial charge in [-0.3, -0.25) is 9.69 Å². The van der Waals surface area contributed by atoms with Gasteiger partial charge >= 0.3 is 6.02 Å². The zero-order valence-electron chi connectivity index (χ0n) is 18.9. The van der Waals surface area contributed by atoms with E-state index in [0.29, 0.717) is 18.3 Å². The Morgan fingerprint density at radius 2 is 1.77 bits per heavy atom. The molecule has 0 bridgehead atoms. The molecule has 2 fully saturated rings. The molecule has 1 saturated heterocycles. The minimum Gasteiger partial charge on any atom is -0.420 e. The van der Waals surface area contributed by atoms with Gasteiger partial charge in [-0.15, -0.1) is 0 Å². The van der Waals surface area contributed by atoms with Crippen molar-refractivity contribution in [3.63, 3.8) is 0 Å². The SMILES string of the molecule is CCCCCN=C1O/C(=C/c2ccc(N(CC)CC)cc2)C(=O)N1C1CCCCC1. The van der Waals surface area contributed by atoms with Gasteiger partial charge in [0.25, 0.3) is 5.91 Å². The van der Waals surface area contributed by atoms with Crippen LogP contribution in [0, 0.1) is 0 Å². The molecule has 3 rings (SSSR count). The third-order valence-electron chi connectivity index (χ3n) is 6.10. The molecular weight excluding hydrogens is 374 g/mol. The van der Waals surface area contributed by atoms with Crippen LogP contribution in [-0.2, 0) is 9.53 Å². The summed E-state index contributed by atoms with van der Waals surface area (Å²) in [5.74, 6) is 0.356. The van der Waals surface area contributed by atoms with E-state index >= 15 is 0 Å². The quantitative estimate of drug-likeness (QED) is 0.392. The molecule has 1 amide bonds. The van der Waals surface area contributed by atoms with Gasteiger partial charge in [-0.05, 0) is 56.9 Å². The van der Waals surface area contributed by atoms with Crippen molar-refractivity contribution >= 4 is 23.7 Å². The lowest BCUT2D eigenvalue weighted by atomic mass is 9.94. The molecule has 30 heavy (non-hydrogen) atoms. The highest BCUT2D eigenvalue weighted by Crippen LogP contribution is 2.30. The van der Waals surface area contributed by atoms with E-state index in [1.165, 1.54) is 24.9 Å². The molecule has 5 nitrogen and oxygen atoms in total. The van der Waals surface area contributed by atoms with Crippen molar-refractivity contribution in [1.29, 1.82) is 0 Å². The summed E-state index contributed by atoms with van der Waals surface area (Å²) in [7, 11) is 0. The van der Waals surface area contributed by atoms with Crippen molar-refractivity contribution in [1.82, 2.24) is 4.90 Å². The summed E-state index contributed by atoms with van der Waals surface area (Å²) in [6, 6.07) is 9.05. The lowest BCUT2D eigenvalue weighted by Crippen LogP contribution is -2.41. The second-order valence-corrected chi connectivity index (χ2v) is 8.21. The molecule has 0 aromatic heterocycles. The summed E-state index contributed by atoms with van der Waals surface area (Å²) in [5.41, 5.74) is 2.17. The van der Waals surface area contributed by atoms with Gasteiger partial charge < -0.3 is 9.64 Å². The number of aliphatic imine (C=N–C) groups is 1. The van der Waals surface area contributed by atoms with Gasteiger partial charge in [-0.25, -0.2) is 4.99 Å². The fourth-order valence-corrected chi connectivity index (χ4v) is 4.32. The van der Waals surface area contributed by atoms with E-state index < -0.39 is 0 Å². The molecule has 1 aliphatic carbocycles. The molecular formula is C25H37N3O2. The summed E-state index contributed by atoms with van der Waals surface area (Å²) >= 11 is 0. The summed E-state index contributed by atoms with van der Waals surface area (Å²) in [6.45, 7) is 9.17. The van der Waals surface area contributed by atoms with E-state index in [-0.39, 0.29) is 11.9 Å². The standard InChI is InChI=1S/C25H37N3O2/c1-4-7-11-18-26-25-28(22-12-9-8-10-13-22)24(29)23(30-25)19-20-14-16-21(17-15-20)27(5-2)6-3/h14-17,19,22H,4-13,18H2,1-3H3/b23-19+,26-25?. The average Bonchev–Trinajstić information content (AvgIpc) is 3.09. The lowest BCUT2D eigenvalue weighted by Gasteiger charge is -2.28. The first kappa shape index (κ1) is 22.4. The Morgan fingerprint density at radius 1 is 1.07 bits per heavy atom. The Hall–Kier alpha value is -2.30. The van der Waals surface area contributed by atoms with E-state index in [1.807, 2.05) is 11.0 Å². The predicted molar refractivity (Wildman–Crippen MR) is 125 cm³/mol. The Bertz CT molecular complexity index is 744. The largest absolute Gasteiger partial charge is 0.420 e. The summed E-state index contributed by atoms with van der Waals surface area (Å²) < 4.78 is 6.02. The average molecular weight is 412 g/mol. The third kappa shape index (κ3) is 5.44. The highest BCUT2D eigenvalue weighted by atomic mass is 16.5. The van der Waals surface area contributed by atoms with Crippen LogP contribution in [0.1, 0.15) is 77.7 Å². The molecule has 0 unspecified atom stereocenters. The van der Waals surface area contributed by atoms with Gasteiger partial charge in [0.15, 0.2) is 5.76 Å². The minimum absolute atomic E-state index is 0.0380. The maximum Gasteiger partial charge on any atom is 0.300 e. The van der Waals surface area contributed by atoms with Crippen LogP contribution in [0.2, 0.25) is 0 Å². The number of hydrogen-bond donors (Lipinski definition) is 0. The maximum absolute atomic E-state index is 13.2. The van der Waals surface area contributed by atoms with Gasteiger partial charge in [0.2, 0.25) is 0 Å². The van der Waals surface area contributed by atoms with Gasteiger partial charge in [-0.2, -0.15) is 0 Å². The Labute approximate surface area is 181 Å². The number of amidine groups is 1. The molecule has 5 heteroatoms. The predicted octanol–water partition coefficient (Wildman–Crippen LogP) is 5.61. The maximum atomic E-state index is 13.2. The molecule has 0 radical (unpaired) electrons. The van der Waals surface area contributed by atoms with Crippen molar-refractivity contribution in [2.24, 2.45) is 4.99 Å². The van der Waals surface area contributed by atoms with Crippen LogP contribution in [0.15, 0.2) is 35.0 Å². The van der Waals surface area contributed by atoms with Crippen LogP contribution in [-0.4, -0.2) is 42.5 Å². The first-order valence-corrected chi connectivity index (χ1v) is 11.8. The van der Waals surface area contributed by atoms with Crippen LogP contribution in [0.3, 0.4) is 0 Å². The fourth-order valence-electron chi connectivity index (χ4n) is 4.32. The lowest BCUT2D eigenvalue weighted by molar-refractivity contribution is -0.124. The molecule has 1 aromatic carbocycles. The van der Waals surface area contributed by atoms with E-state index in [9.17, 15) is 4.79 Å². The van der Waals surface area contributed by atoms with Gasteiger partial charge in [0, 0.05) is 31.4 Å².